The van der Waals surface area contributed by atoms with Crippen molar-refractivity contribution in [1.29, 1.82) is 0 Å². The minimum absolute atomic E-state index is 0.365. The number of likely N-dealkylation sites (N-methyl/N-ethyl adjacent to an activating group) is 1. The standard InChI is InChI=1S/C9H18F2N2O/c1-4-5-13(7-6-12(2)3)9(14)8(10)11/h8H,4-7H2,1-3H3. The highest BCUT2D eigenvalue weighted by Crippen LogP contribution is 2.02. The van der Waals surface area contributed by atoms with Crippen molar-refractivity contribution in [2.24, 2.45) is 0 Å². The second-order valence-corrected chi connectivity index (χ2v) is 3.43. The smallest absolute Gasteiger partial charge is 0.315 e. The van der Waals surface area contributed by atoms with Crippen LogP contribution in [0.1, 0.15) is 13.3 Å². The van der Waals surface area contributed by atoms with E-state index in [4.69, 9.17) is 0 Å². The second kappa shape index (κ2) is 6.70. The van der Waals surface area contributed by atoms with Crippen LogP contribution in [0.25, 0.3) is 0 Å². The van der Waals surface area contributed by atoms with E-state index in [-0.39, 0.29) is 0 Å². The van der Waals surface area contributed by atoms with Crippen molar-refractivity contribution in [3.8, 4) is 0 Å². The van der Waals surface area contributed by atoms with Gasteiger partial charge in [0.25, 0.3) is 5.91 Å². The van der Waals surface area contributed by atoms with E-state index in [0.29, 0.717) is 26.1 Å². The van der Waals surface area contributed by atoms with Gasteiger partial charge in [0.15, 0.2) is 0 Å². The molecule has 84 valence electrons. The summed E-state index contributed by atoms with van der Waals surface area (Å²) in [6.45, 7) is 3.24. The Morgan fingerprint density at radius 2 is 1.79 bits per heavy atom. The molecule has 0 aliphatic heterocycles. The lowest BCUT2D eigenvalue weighted by Crippen LogP contribution is -2.40. The summed E-state index contributed by atoms with van der Waals surface area (Å²) < 4.78 is 24.2. The Morgan fingerprint density at radius 1 is 1.21 bits per heavy atom. The first-order valence-electron chi connectivity index (χ1n) is 4.70. The van der Waals surface area contributed by atoms with Crippen molar-refractivity contribution in [3.63, 3.8) is 0 Å². The molecule has 0 aliphatic carbocycles. The van der Waals surface area contributed by atoms with Gasteiger partial charge in [-0.3, -0.25) is 4.79 Å². The van der Waals surface area contributed by atoms with Gasteiger partial charge >= 0.3 is 6.43 Å². The summed E-state index contributed by atoms with van der Waals surface area (Å²) in [6, 6.07) is 0. The van der Waals surface area contributed by atoms with E-state index in [9.17, 15) is 13.6 Å². The molecular formula is C9H18F2N2O. The minimum Gasteiger partial charge on any atom is -0.336 e. The van der Waals surface area contributed by atoms with Crippen LogP contribution in [0.3, 0.4) is 0 Å². The van der Waals surface area contributed by atoms with Gasteiger partial charge in [-0.05, 0) is 20.5 Å². The number of hydrogen-bond donors (Lipinski definition) is 0. The summed E-state index contributed by atoms with van der Waals surface area (Å²) in [6.07, 6.45) is -2.19. The van der Waals surface area contributed by atoms with Crippen molar-refractivity contribution >= 4 is 5.91 Å². The van der Waals surface area contributed by atoms with Gasteiger partial charge in [-0.15, -0.1) is 0 Å². The summed E-state index contributed by atoms with van der Waals surface area (Å²) >= 11 is 0. The molecule has 0 aromatic heterocycles. The highest BCUT2D eigenvalue weighted by molar-refractivity contribution is 5.79. The van der Waals surface area contributed by atoms with Gasteiger partial charge in [-0.25, -0.2) is 0 Å². The van der Waals surface area contributed by atoms with Crippen LogP contribution in [0, 0.1) is 0 Å². The van der Waals surface area contributed by atoms with Crippen molar-refractivity contribution in [2.45, 2.75) is 19.8 Å². The summed E-state index contributed by atoms with van der Waals surface area (Å²) in [7, 11) is 3.69. The van der Waals surface area contributed by atoms with Crippen LogP contribution in [0.5, 0.6) is 0 Å². The lowest BCUT2D eigenvalue weighted by atomic mass is 10.3. The molecule has 0 saturated carbocycles. The van der Waals surface area contributed by atoms with Crippen molar-refractivity contribution in [3.05, 3.63) is 0 Å². The molecule has 0 spiro atoms. The fourth-order valence-electron chi connectivity index (χ4n) is 1.06. The molecule has 3 nitrogen and oxygen atoms in total. The van der Waals surface area contributed by atoms with Crippen LogP contribution >= 0.6 is 0 Å². The van der Waals surface area contributed by atoms with E-state index in [1.54, 1.807) is 0 Å². The van der Waals surface area contributed by atoms with Crippen molar-refractivity contribution in [1.82, 2.24) is 9.80 Å². The third-order valence-corrected chi connectivity index (χ3v) is 1.81. The number of hydrogen-bond acceptors (Lipinski definition) is 2. The maximum absolute atomic E-state index is 12.1. The van der Waals surface area contributed by atoms with Crippen LogP contribution < -0.4 is 0 Å². The number of alkyl halides is 2. The minimum atomic E-state index is -2.89. The lowest BCUT2D eigenvalue weighted by Gasteiger charge is -2.23. The molecule has 0 radical (unpaired) electrons. The number of rotatable bonds is 6. The zero-order valence-electron chi connectivity index (χ0n) is 8.96. The van der Waals surface area contributed by atoms with E-state index < -0.39 is 12.3 Å². The number of nitrogens with zero attached hydrogens (tertiary/aromatic N) is 2. The molecule has 5 heteroatoms. The molecule has 0 saturated heterocycles. The molecule has 14 heavy (non-hydrogen) atoms. The number of amides is 1. The molecule has 1 amide bonds. The molecule has 0 rings (SSSR count). The Labute approximate surface area is 83.7 Å². The van der Waals surface area contributed by atoms with Crippen LogP contribution in [0.15, 0.2) is 0 Å². The Bertz CT molecular complexity index is 174. The Morgan fingerprint density at radius 3 is 2.14 bits per heavy atom. The van der Waals surface area contributed by atoms with Gasteiger partial charge < -0.3 is 9.80 Å². The zero-order chi connectivity index (χ0) is 11.1. The molecule has 0 aromatic rings. The highest BCUT2D eigenvalue weighted by Gasteiger charge is 2.22. The summed E-state index contributed by atoms with van der Waals surface area (Å²) in [5, 5.41) is 0. The van der Waals surface area contributed by atoms with Crippen LogP contribution in [-0.4, -0.2) is 55.9 Å². The predicted octanol–water partition coefficient (Wildman–Crippen LogP) is 1.05. The first-order valence-corrected chi connectivity index (χ1v) is 4.70. The summed E-state index contributed by atoms with van der Waals surface area (Å²) in [5.74, 6) is -1.06. The average molecular weight is 208 g/mol. The molecular weight excluding hydrogens is 190 g/mol. The fraction of sp³-hybridized carbons (Fsp3) is 0.889. The molecule has 0 aromatic carbocycles. The normalized spacial score (nSPS) is 11.1. The van der Waals surface area contributed by atoms with E-state index in [2.05, 4.69) is 0 Å². The van der Waals surface area contributed by atoms with Gasteiger partial charge in [0.2, 0.25) is 0 Å². The first-order chi connectivity index (χ1) is 6.49. The first kappa shape index (κ1) is 13.3. The van der Waals surface area contributed by atoms with Gasteiger partial charge in [-0.2, -0.15) is 8.78 Å². The quantitative estimate of drug-likeness (QED) is 0.651. The summed E-state index contributed by atoms with van der Waals surface area (Å²) in [5.41, 5.74) is 0. The molecule has 0 atom stereocenters. The Kier molecular flexibility index (Phi) is 6.36. The number of halogens is 2. The van der Waals surface area contributed by atoms with E-state index in [1.165, 1.54) is 4.90 Å². The van der Waals surface area contributed by atoms with E-state index in [0.717, 1.165) is 0 Å². The molecule has 0 aliphatic rings. The molecule has 0 fully saturated rings. The average Bonchev–Trinajstić information content (AvgIpc) is 2.10. The van der Waals surface area contributed by atoms with Crippen LogP contribution in [0.2, 0.25) is 0 Å². The van der Waals surface area contributed by atoms with Crippen LogP contribution in [0.4, 0.5) is 8.78 Å². The maximum atomic E-state index is 12.1. The molecule has 0 heterocycles. The third-order valence-electron chi connectivity index (χ3n) is 1.81. The third kappa shape index (κ3) is 5.11. The van der Waals surface area contributed by atoms with Gasteiger partial charge in [0, 0.05) is 19.6 Å². The van der Waals surface area contributed by atoms with Gasteiger partial charge in [0.05, 0.1) is 0 Å². The Balaban J connectivity index is 4.07. The topological polar surface area (TPSA) is 23.6 Å². The molecule has 0 unspecified atom stereocenters. The second-order valence-electron chi connectivity index (χ2n) is 3.43. The SMILES string of the molecule is CCCN(CCN(C)C)C(=O)C(F)F. The molecule has 0 bridgehead atoms. The number of carbonyl (C=O) groups is 1. The number of carbonyl (C=O) groups excluding carboxylic acids is 1. The van der Waals surface area contributed by atoms with Crippen molar-refractivity contribution in [2.75, 3.05) is 33.7 Å². The lowest BCUT2D eigenvalue weighted by molar-refractivity contribution is -0.143. The predicted molar refractivity (Wildman–Crippen MR) is 51.4 cm³/mol. The Hall–Kier alpha value is -0.710. The van der Waals surface area contributed by atoms with Crippen LogP contribution in [-0.2, 0) is 4.79 Å². The zero-order valence-corrected chi connectivity index (χ0v) is 8.96. The maximum Gasteiger partial charge on any atom is 0.315 e. The van der Waals surface area contributed by atoms with Gasteiger partial charge in [-0.1, -0.05) is 6.92 Å². The van der Waals surface area contributed by atoms with Crippen molar-refractivity contribution < 1.29 is 13.6 Å². The largest absolute Gasteiger partial charge is 0.336 e. The van der Waals surface area contributed by atoms with E-state index >= 15 is 0 Å². The fourth-order valence-corrected chi connectivity index (χ4v) is 1.06. The van der Waals surface area contributed by atoms with Gasteiger partial charge in [0.1, 0.15) is 0 Å². The van der Waals surface area contributed by atoms with E-state index in [1.807, 2.05) is 25.9 Å². The highest BCUT2D eigenvalue weighted by atomic mass is 19.3. The molecule has 0 N–H and O–H groups in total. The monoisotopic (exact) mass is 208 g/mol. The summed E-state index contributed by atoms with van der Waals surface area (Å²) in [4.78, 5) is 14.1.